The highest BCUT2D eigenvalue weighted by molar-refractivity contribution is 6.93. The highest BCUT2D eigenvalue weighted by Crippen LogP contribution is 2.41. The van der Waals surface area contributed by atoms with Crippen LogP contribution in [0.5, 0.6) is 0 Å². The average molecular weight is 1420 g/mol. The van der Waals surface area contributed by atoms with Crippen LogP contribution in [0.25, 0.3) is 0 Å². The van der Waals surface area contributed by atoms with Crippen molar-refractivity contribution in [1.29, 1.82) is 0 Å². The number of carbonyl (C=O) groups excluding carboxylic acids is 3. The van der Waals surface area contributed by atoms with E-state index < -0.39 is 92.2 Å². The average Bonchev–Trinajstić information content (AvgIpc) is 1.47. The SMILES string of the molecule is CCC(C)(C)C(=O)OC1CCC([Si](C)(C)C)CC1.CCC(C)(C)C(=O)OCCC[Si](C)(C)O[Si](C)(C)C.CCC(C)COC(=O)C1C[Si](C)(C)O[Si](C)(C)C1.CCC(C)C[Si](C)(C)O[Si](C)(C)C.CCC(C)[Si]1(C)O[Si](C)(C)O[Si](C)(C)O[Si](C)(C)O1. The van der Waals surface area contributed by atoms with Gasteiger partial charge in [-0.25, -0.2) is 0 Å². The van der Waals surface area contributed by atoms with Crippen LogP contribution in [-0.2, 0) is 57.4 Å². The van der Waals surface area contributed by atoms with Gasteiger partial charge in [-0.1, -0.05) is 94.3 Å². The summed E-state index contributed by atoms with van der Waals surface area (Å²) < 4.78 is 61.0. The number of hydrogen-bond donors (Lipinski definition) is 0. The summed E-state index contributed by atoms with van der Waals surface area (Å²) in [6, 6.07) is 4.20. The first-order valence-electron chi connectivity index (χ1n) is 34.1. The lowest BCUT2D eigenvalue weighted by Gasteiger charge is -2.49. The summed E-state index contributed by atoms with van der Waals surface area (Å²) in [4.78, 5) is 36.0. The Kier molecular flexibility index (Phi) is 37.7. The lowest BCUT2D eigenvalue weighted by Crippen LogP contribution is -2.66. The van der Waals surface area contributed by atoms with Crippen LogP contribution in [0.4, 0.5) is 0 Å². The molecule has 3 atom stereocenters. The van der Waals surface area contributed by atoms with Crippen LogP contribution in [0, 0.1) is 28.6 Å². The van der Waals surface area contributed by atoms with Crippen molar-refractivity contribution in [2.24, 2.45) is 28.6 Å². The maximum absolute atomic E-state index is 12.2. The van der Waals surface area contributed by atoms with Gasteiger partial charge in [-0.05, 0) is 257 Å². The van der Waals surface area contributed by atoms with Crippen molar-refractivity contribution in [2.45, 2.75) is 346 Å². The molecule has 3 aliphatic rings. The van der Waals surface area contributed by atoms with Crippen LogP contribution < -0.4 is 0 Å². The van der Waals surface area contributed by atoms with Crippen LogP contribution in [0.2, 0.25) is 192 Å². The monoisotopic (exact) mass is 1420 g/mol. The van der Waals surface area contributed by atoms with Crippen molar-refractivity contribution in [1.82, 2.24) is 0 Å². The van der Waals surface area contributed by atoms with E-state index in [-0.39, 0.29) is 40.8 Å². The molecule has 0 radical (unpaired) electrons. The quantitative estimate of drug-likeness (QED) is 0.0415. The van der Waals surface area contributed by atoms with E-state index in [1.807, 2.05) is 41.5 Å². The molecule has 1 saturated carbocycles. The molecule has 2 aliphatic heterocycles. The fourth-order valence-electron chi connectivity index (χ4n) is 11.8. The van der Waals surface area contributed by atoms with E-state index in [1.54, 1.807) is 0 Å². The first kappa shape index (κ1) is 89.6. The third-order valence-electron chi connectivity index (χ3n) is 16.9. The van der Waals surface area contributed by atoms with Crippen molar-refractivity contribution in [2.75, 3.05) is 13.2 Å². The molecule has 0 N–H and O–H groups in total. The fraction of sp³-hybridized carbons (Fsp3) is 0.952. The minimum atomic E-state index is -2.26. The summed E-state index contributed by atoms with van der Waals surface area (Å²) in [5.74, 6) is 1.30. The first-order chi connectivity index (χ1) is 38.7. The van der Waals surface area contributed by atoms with Crippen molar-refractivity contribution in [3.8, 4) is 0 Å². The topological polar surface area (TPSA) is 144 Å². The number of hydrogen-bond acceptors (Lipinski definition) is 13. The van der Waals surface area contributed by atoms with Crippen LogP contribution in [0.1, 0.15) is 147 Å². The van der Waals surface area contributed by atoms with Crippen LogP contribution >= 0.6 is 0 Å². The van der Waals surface area contributed by atoms with E-state index in [2.05, 4.69) is 199 Å². The van der Waals surface area contributed by atoms with Crippen molar-refractivity contribution >= 4 is 110 Å². The summed E-state index contributed by atoms with van der Waals surface area (Å²) in [6.07, 6.45) is 10.8. The van der Waals surface area contributed by atoms with E-state index in [0.29, 0.717) is 24.7 Å². The largest absolute Gasteiger partial charge is 0.465 e. The van der Waals surface area contributed by atoms with Crippen LogP contribution in [-0.4, -0.2) is 129 Å². The Balaban J connectivity index is 0. The van der Waals surface area contributed by atoms with E-state index in [4.69, 9.17) is 43.0 Å². The van der Waals surface area contributed by atoms with E-state index in [0.717, 1.165) is 74.5 Å². The molecule has 0 aromatic rings. The van der Waals surface area contributed by atoms with Crippen LogP contribution in [0.3, 0.4) is 0 Å². The van der Waals surface area contributed by atoms with E-state index >= 15 is 0 Å². The molecular weight excluding hydrogens is 1270 g/mol. The Morgan fingerprint density at radius 2 is 0.920 bits per heavy atom. The summed E-state index contributed by atoms with van der Waals surface area (Å²) >= 11 is 0. The molecule has 2 heterocycles. The Morgan fingerprint density at radius 3 is 1.30 bits per heavy atom. The second-order valence-electron chi connectivity index (χ2n) is 34.4. The molecule has 0 amide bonds. The van der Waals surface area contributed by atoms with Gasteiger partial charge in [-0.3, -0.25) is 14.4 Å². The second-order valence-corrected chi connectivity index (χ2v) is 81.4. The van der Waals surface area contributed by atoms with Gasteiger partial charge in [0.1, 0.15) is 6.10 Å². The highest BCUT2D eigenvalue weighted by Gasteiger charge is 2.54. The first-order valence-corrected chi connectivity index (χ1v) is 67.8. The molecule has 0 aromatic heterocycles. The molecule has 0 bridgehead atoms. The van der Waals surface area contributed by atoms with Gasteiger partial charge in [0.15, 0.2) is 49.9 Å². The fourth-order valence-corrected chi connectivity index (χ4v) is 62.5. The third kappa shape index (κ3) is 39.9. The minimum absolute atomic E-state index is 0.0125. The molecule has 24 heteroatoms. The Labute approximate surface area is 551 Å². The zero-order chi connectivity index (χ0) is 69.1. The Morgan fingerprint density at radius 1 is 0.517 bits per heavy atom. The molecule has 87 heavy (non-hydrogen) atoms. The van der Waals surface area contributed by atoms with Gasteiger partial charge < -0.3 is 43.0 Å². The molecule has 13 nitrogen and oxygen atoms in total. The lowest BCUT2D eigenvalue weighted by atomic mass is 9.90. The summed E-state index contributed by atoms with van der Waals surface area (Å²) in [6.45, 7) is 80.0. The van der Waals surface area contributed by atoms with Crippen molar-refractivity contribution in [3.63, 3.8) is 0 Å². The zero-order valence-corrected chi connectivity index (χ0v) is 75.1. The van der Waals surface area contributed by atoms with Crippen molar-refractivity contribution in [3.05, 3.63) is 0 Å². The normalized spacial score (nSPS) is 22.3. The van der Waals surface area contributed by atoms with E-state index in [1.165, 1.54) is 25.3 Å². The lowest BCUT2D eigenvalue weighted by molar-refractivity contribution is -0.161. The smallest absolute Gasteiger partial charge is 0.320 e. The summed E-state index contributed by atoms with van der Waals surface area (Å²) in [7, 11) is -18.8. The van der Waals surface area contributed by atoms with Gasteiger partial charge in [0, 0.05) is 8.07 Å². The molecule has 3 fully saturated rings. The second kappa shape index (κ2) is 36.6. The van der Waals surface area contributed by atoms with Gasteiger partial charge in [-0.15, -0.1) is 0 Å². The van der Waals surface area contributed by atoms with Crippen LogP contribution in [0.15, 0.2) is 0 Å². The zero-order valence-electron chi connectivity index (χ0n) is 64.1. The molecule has 3 rings (SSSR count). The maximum Gasteiger partial charge on any atom is 0.320 e. The van der Waals surface area contributed by atoms with Crippen molar-refractivity contribution < 1.29 is 57.4 Å². The van der Waals surface area contributed by atoms with Gasteiger partial charge in [0.2, 0.25) is 0 Å². The molecule has 520 valence electrons. The predicted molar refractivity (Wildman–Crippen MR) is 400 cm³/mol. The molecule has 2 saturated heterocycles. The maximum atomic E-state index is 12.2. The Bertz CT molecular complexity index is 1970. The summed E-state index contributed by atoms with van der Waals surface area (Å²) in [5, 5.41) is 0. The molecular formula is C63H146O13Si11. The van der Waals surface area contributed by atoms with Gasteiger partial charge in [0.05, 0.1) is 30.0 Å². The minimum Gasteiger partial charge on any atom is -0.465 e. The number of carbonyl (C=O) groups is 3. The van der Waals surface area contributed by atoms with Gasteiger partial charge in [-0.2, -0.15) is 0 Å². The highest BCUT2D eigenvalue weighted by atomic mass is 28.5. The number of ether oxygens (including phenoxy) is 3. The standard InChI is InChI=1S/C15H30O2Si.C14H32O3Si2.C13H28O3Si2.C11H30O4Si4.C10H26OSi2/c1-7-15(2,3)14(16)17-12-8-10-13(11-9-12)18(4,5)6;1-9-14(2,3)13(15)16-11-10-12-19(7,8)17-18(4,5)6;1-7-11(2)8-15-13(14)12-9-17(3,4)16-18(5,6)10-12;1-10-11(2)19(9)14-17(5,6)12-16(3,4)13-18(7,8)15-19;1-8-10(2)9-13(6,7)11-12(3,4)5/h12-13H,7-11H2,1-6H3;9-12H2,1-8H3;11-12H,7-10H2,1-6H3;11H,10H2,1-9H3;10H,8-9H2,1-7H3. The summed E-state index contributed by atoms with van der Waals surface area (Å²) in [5.41, 5.74) is 0.671. The van der Waals surface area contributed by atoms with Gasteiger partial charge in [0.25, 0.3) is 0 Å². The third-order valence-corrected chi connectivity index (χ3v) is 57.1. The van der Waals surface area contributed by atoms with E-state index in [9.17, 15) is 14.4 Å². The molecule has 1 aliphatic carbocycles. The number of esters is 3. The molecule has 0 spiro atoms. The van der Waals surface area contributed by atoms with Gasteiger partial charge >= 0.3 is 52.2 Å². The Hall–Kier alpha value is 0.516. The molecule has 3 unspecified atom stereocenters. The molecule has 0 aromatic carbocycles. The predicted octanol–water partition coefficient (Wildman–Crippen LogP) is 20.8. The number of rotatable bonds is 23.